The molecule has 0 fully saturated rings. The van der Waals surface area contributed by atoms with Gasteiger partial charge in [-0.15, -0.1) is 0 Å². The molecule has 10 heteroatoms. The molecule has 0 saturated heterocycles. The molecule has 240 valence electrons. The molecule has 0 aromatic heterocycles. The molecule has 0 atom stereocenters. The molecule has 0 N–H and O–H groups in total. The highest BCUT2D eigenvalue weighted by molar-refractivity contribution is 6.04. The molecule has 0 unspecified atom stereocenters. The van der Waals surface area contributed by atoms with Crippen LogP contribution in [0.1, 0.15) is 52.0 Å². The molecule has 0 heterocycles. The van der Waals surface area contributed by atoms with E-state index in [9.17, 15) is 35.9 Å². The van der Waals surface area contributed by atoms with E-state index in [0.717, 1.165) is 11.1 Å². The first kappa shape index (κ1) is 34.2. The van der Waals surface area contributed by atoms with Gasteiger partial charge in [0.2, 0.25) is 0 Å². The Labute approximate surface area is 266 Å². The Morgan fingerprint density at radius 2 is 0.894 bits per heavy atom. The van der Waals surface area contributed by atoms with Gasteiger partial charge in [0.15, 0.2) is 11.6 Å². The van der Waals surface area contributed by atoms with E-state index in [1.165, 1.54) is 43.3 Å². The molecule has 0 radical (unpaired) electrons. The summed E-state index contributed by atoms with van der Waals surface area (Å²) in [4.78, 5) is 23.9. The van der Waals surface area contributed by atoms with Crippen molar-refractivity contribution in [2.75, 3.05) is 0 Å². The van der Waals surface area contributed by atoms with Gasteiger partial charge in [0.05, 0.1) is 0 Å². The molecular weight excluding hydrogens is 622 g/mol. The first-order valence-electron chi connectivity index (χ1n) is 14.0. The molecular formula is C37H26F6O4. The third-order valence-corrected chi connectivity index (χ3v) is 7.26. The van der Waals surface area contributed by atoms with Crippen LogP contribution < -0.4 is 9.47 Å². The van der Waals surface area contributed by atoms with E-state index in [1.54, 1.807) is 84.9 Å². The fraction of sp³-hybridized carbons (Fsp3) is 0.0811. The number of halogens is 6. The topological polar surface area (TPSA) is 52.6 Å². The zero-order chi connectivity index (χ0) is 34.1. The lowest BCUT2D eigenvalue weighted by Crippen LogP contribution is -2.25. The summed E-state index contributed by atoms with van der Waals surface area (Å²) >= 11 is 0. The van der Waals surface area contributed by atoms with E-state index >= 15 is 0 Å². The molecule has 4 nitrogen and oxygen atoms in total. The Hall–Kier alpha value is -5.64. The summed E-state index contributed by atoms with van der Waals surface area (Å²) in [5, 5.41) is 0. The summed E-state index contributed by atoms with van der Waals surface area (Å²) in [6.45, 7) is 3.31. The minimum Gasteiger partial charge on any atom is -0.428 e. The SMILES string of the molecule is CC(=O)c1ccc(C=CC(=O)C=Cc2ccc(C(C)(c3ccc(OC(F)=C(F)F)cc3)c3ccc(OC(F)=C(F)F)cc3)cc2)cc1. The Morgan fingerprint density at radius 3 is 1.23 bits per heavy atom. The quantitative estimate of drug-likeness (QED) is 0.0504. The number of rotatable bonds is 12. The lowest BCUT2D eigenvalue weighted by molar-refractivity contribution is -0.110. The fourth-order valence-corrected chi connectivity index (χ4v) is 4.67. The van der Waals surface area contributed by atoms with Gasteiger partial charge < -0.3 is 9.47 Å². The number of Topliss-reactive ketones (excluding diaryl/α,β-unsaturated/α-hetero) is 1. The normalized spacial score (nSPS) is 11.4. The number of ketones is 2. The maximum atomic E-state index is 13.3. The van der Waals surface area contributed by atoms with Gasteiger partial charge in [-0.3, -0.25) is 9.59 Å². The average Bonchev–Trinajstić information content (AvgIpc) is 3.07. The second-order valence-electron chi connectivity index (χ2n) is 10.3. The van der Waals surface area contributed by atoms with E-state index < -0.39 is 29.6 Å². The second-order valence-corrected chi connectivity index (χ2v) is 10.3. The summed E-state index contributed by atoms with van der Waals surface area (Å²) in [6, 6.07) is 21.4. The van der Waals surface area contributed by atoms with Gasteiger partial charge in [-0.1, -0.05) is 84.9 Å². The van der Waals surface area contributed by atoms with Crippen molar-refractivity contribution < 1.29 is 45.4 Å². The summed E-state index contributed by atoms with van der Waals surface area (Å²) in [5.74, 6) is -0.668. The number of hydrogen-bond acceptors (Lipinski definition) is 4. The molecule has 0 aliphatic rings. The summed E-state index contributed by atoms with van der Waals surface area (Å²) in [7, 11) is 0. The standard InChI is InChI=1S/C37H26F6O4/c1-23(44)26-9-3-24(4-10-26)7-17-30(45)18-8-25-5-11-27(12-6-25)37(2,28-13-19-31(20-14-28)46-35(42)33(38)39)29-15-21-32(22-16-29)47-36(43)34(40)41/h3-22H,1-2H3. The maximum Gasteiger partial charge on any atom is 0.344 e. The molecule has 4 aromatic rings. The number of carbonyl (C=O) groups is 2. The van der Waals surface area contributed by atoms with E-state index in [-0.39, 0.29) is 23.1 Å². The zero-order valence-corrected chi connectivity index (χ0v) is 24.9. The van der Waals surface area contributed by atoms with Gasteiger partial charge in [0, 0.05) is 11.0 Å². The van der Waals surface area contributed by atoms with Gasteiger partial charge in [0.1, 0.15) is 11.5 Å². The second kappa shape index (κ2) is 15.1. The Morgan fingerprint density at radius 1 is 0.553 bits per heavy atom. The van der Waals surface area contributed by atoms with Crippen molar-refractivity contribution in [3.63, 3.8) is 0 Å². The van der Waals surface area contributed by atoms with E-state index in [1.807, 2.05) is 6.92 Å². The van der Waals surface area contributed by atoms with Gasteiger partial charge in [0.25, 0.3) is 0 Å². The molecule has 47 heavy (non-hydrogen) atoms. The summed E-state index contributed by atoms with van der Waals surface area (Å²) < 4.78 is 85.8. The summed E-state index contributed by atoms with van der Waals surface area (Å²) in [5.41, 5.74) is 3.01. The molecule has 0 aliphatic heterocycles. The molecule has 4 rings (SSSR count). The van der Waals surface area contributed by atoms with Crippen molar-refractivity contribution in [2.24, 2.45) is 0 Å². The van der Waals surface area contributed by atoms with Crippen LogP contribution in [0.2, 0.25) is 0 Å². The largest absolute Gasteiger partial charge is 0.428 e. The predicted octanol–water partition coefficient (Wildman–Crippen LogP) is 10.4. The number of allylic oxidation sites excluding steroid dienone is 2. The molecule has 0 amide bonds. The van der Waals surface area contributed by atoms with Gasteiger partial charge in [-0.2, -0.15) is 26.3 Å². The average molecular weight is 649 g/mol. The number of carbonyl (C=O) groups excluding carboxylic acids is 2. The number of benzene rings is 4. The first-order valence-corrected chi connectivity index (χ1v) is 14.0. The highest BCUT2D eigenvalue weighted by atomic mass is 19.3. The van der Waals surface area contributed by atoms with Crippen molar-refractivity contribution in [2.45, 2.75) is 19.3 Å². The van der Waals surface area contributed by atoms with Crippen molar-refractivity contribution >= 4 is 23.7 Å². The van der Waals surface area contributed by atoms with Crippen LogP contribution in [0.3, 0.4) is 0 Å². The van der Waals surface area contributed by atoms with Crippen LogP contribution in [0.25, 0.3) is 12.2 Å². The van der Waals surface area contributed by atoms with Gasteiger partial charge in [-0.05, 0) is 78.1 Å². The third kappa shape index (κ3) is 8.76. The van der Waals surface area contributed by atoms with E-state index in [0.29, 0.717) is 22.3 Å². The van der Waals surface area contributed by atoms with Crippen LogP contribution in [0, 0.1) is 0 Å². The molecule has 0 saturated carbocycles. The van der Waals surface area contributed by atoms with Crippen molar-refractivity contribution in [1.29, 1.82) is 0 Å². The monoisotopic (exact) mass is 648 g/mol. The van der Waals surface area contributed by atoms with Gasteiger partial charge in [-0.25, -0.2) is 0 Å². The van der Waals surface area contributed by atoms with Crippen molar-refractivity contribution in [3.05, 3.63) is 167 Å². The van der Waals surface area contributed by atoms with E-state index in [4.69, 9.17) is 0 Å². The first-order chi connectivity index (χ1) is 22.4. The molecule has 0 bridgehead atoms. The van der Waals surface area contributed by atoms with Crippen LogP contribution in [-0.2, 0) is 10.2 Å². The fourth-order valence-electron chi connectivity index (χ4n) is 4.67. The van der Waals surface area contributed by atoms with Crippen LogP contribution in [0.5, 0.6) is 11.5 Å². The smallest absolute Gasteiger partial charge is 0.344 e. The van der Waals surface area contributed by atoms with Crippen LogP contribution in [-0.4, -0.2) is 11.6 Å². The van der Waals surface area contributed by atoms with Crippen molar-refractivity contribution in [3.8, 4) is 11.5 Å². The minimum absolute atomic E-state index is 0.0551. The Kier molecular flexibility index (Phi) is 11.0. The predicted molar refractivity (Wildman–Crippen MR) is 166 cm³/mol. The zero-order valence-electron chi connectivity index (χ0n) is 24.9. The molecule has 0 spiro atoms. The van der Waals surface area contributed by atoms with Crippen molar-refractivity contribution in [1.82, 2.24) is 0 Å². The minimum atomic E-state index is -2.60. The van der Waals surface area contributed by atoms with Crippen LogP contribution in [0.4, 0.5) is 26.3 Å². The lowest BCUT2D eigenvalue weighted by atomic mass is 9.71. The number of ether oxygens (including phenoxy) is 2. The highest BCUT2D eigenvalue weighted by Gasteiger charge is 2.31. The molecule has 0 aliphatic carbocycles. The maximum absolute atomic E-state index is 13.3. The Bertz CT molecular complexity index is 1780. The molecule has 4 aromatic carbocycles. The van der Waals surface area contributed by atoms with Gasteiger partial charge >= 0.3 is 24.2 Å². The van der Waals surface area contributed by atoms with Crippen LogP contribution >= 0.6 is 0 Å². The van der Waals surface area contributed by atoms with Crippen LogP contribution in [0.15, 0.2) is 133 Å². The number of hydrogen-bond donors (Lipinski definition) is 0. The van der Waals surface area contributed by atoms with E-state index in [2.05, 4.69) is 9.47 Å². The Balaban J connectivity index is 1.61. The summed E-state index contributed by atoms with van der Waals surface area (Å²) in [6.07, 6.45) is 0.852. The highest BCUT2D eigenvalue weighted by Crippen LogP contribution is 2.40. The third-order valence-electron chi connectivity index (χ3n) is 7.26. The lowest BCUT2D eigenvalue weighted by Gasteiger charge is -2.32.